The van der Waals surface area contributed by atoms with Crippen LogP contribution >= 0.6 is 0 Å². The van der Waals surface area contributed by atoms with Gasteiger partial charge < -0.3 is 14.7 Å². The zero-order chi connectivity index (χ0) is 20.5. The summed E-state index contributed by atoms with van der Waals surface area (Å²) < 4.78 is 4.88. The van der Waals surface area contributed by atoms with Crippen LogP contribution in [-0.4, -0.2) is 39.9 Å². The van der Waals surface area contributed by atoms with Crippen LogP contribution < -0.4 is 16.0 Å². The standard InChI is InChI=1S/C19H19N5O5/c1-10-6-15(23-29-10)21-19(28)20-8-11-2-3-12-9-24(18(27)13(12)7-11)14-4-5-16(25)22-17(14)26/h2-3,6-7,14H,4-5,8-9H2,1H3,(H,22,25,26)(H2,20,21,23,28). The average Bonchev–Trinajstić information content (AvgIpc) is 3.23. The Kier molecular flexibility index (Phi) is 4.75. The number of benzene rings is 1. The number of carbonyl (C=O) groups is 4. The Bertz CT molecular complexity index is 1010. The van der Waals surface area contributed by atoms with Crippen molar-refractivity contribution in [2.24, 2.45) is 0 Å². The van der Waals surface area contributed by atoms with Crippen LogP contribution in [0.4, 0.5) is 10.6 Å². The maximum atomic E-state index is 12.8. The normalized spacial score (nSPS) is 18.4. The molecule has 2 aliphatic heterocycles. The minimum absolute atomic E-state index is 0.210. The number of aromatic nitrogens is 1. The van der Waals surface area contributed by atoms with E-state index in [0.29, 0.717) is 30.1 Å². The van der Waals surface area contributed by atoms with Gasteiger partial charge in [0.05, 0.1) is 0 Å². The van der Waals surface area contributed by atoms with Gasteiger partial charge in [-0.15, -0.1) is 0 Å². The molecule has 10 nitrogen and oxygen atoms in total. The monoisotopic (exact) mass is 397 g/mol. The number of imide groups is 1. The molecule has 10 heteroatoms. The molecular weight excluding hydrogens is 378 g/mol. The van der Waals surface area contributed by atoms with Crippen LogP contribution in [0, 0.1) is 6.92 Å². The van der Waals surface area contributed by atoms with Gasteiger partial charge in [0.2, 0.25) is 11.8 Å². The molecule has 29 heavy (non-hydrogen) atoms. The van der Waals surface area contributed by atoms with Crippen LogP contribution in [0.1, 0.15) is 40.1 Å². The van der Waals surface area contributed by atoms with Gasteiger partial charge in [0.15, 0.2) is 5.82 Å². The molecule has 2 aliphatic rings. The third-order valence-electron chi connectivity index (χ3n) is 4.92. The summed E-state index contributed by atoms with van der Waals surface area (Å²) in [6.45, 7) is 2.25. The summed E-state index contributed by atoms with van der Waals surface area (Å²) in [4.78, 5) is 49.7. The number of hydrogen-bond donors (Lipinski definition) is 3. The second-order valence-electron chi connectivity index (χ2n) is 7.02. The quantitative estimate of drug-likeness (QED) is 0.661. The molecule has 0 bridgehead atoms. The van der Waals surface area contributed by atoms with Gasteiger partial charge >= 0.3 is 6.03 Å². The lowest BCUT2D eigenvalue weighted by atomic mass is 10.0. The van der Waals surface area contributed by atoms with Gasteiger partial charge in [-0.05, 0) is 30.5 Å². The fourth-order valence-electron chi connectivity index (χ4n) is 3.48. The number of anilines is 1. The molecule has 3 heterocycles. The van der Waals surface area contributed by atoms with Gasteiger partial charge in [-0.2, -0.15) is 0 Å². The lowest BCUT2D eigenvalue weighted by Gasteiger charge is -2.29. The minimum atomic E-state index is -0.647. The summed E-state index contributed by atoms with van der Waals surface area (Å²) >= 11 is 0. The van der Waals surface area contributed by atoms with Gasteiger partial charge in [-0.1, -0.05) is 17.3 Å². The van der Waals surface area contributed by atoms with Gasteiger partial charge in [-0.25, -0.2) is 4.79 Å². The highest BCUT2D eigenvalue weighted by Gasteiger charge is 2.39. The second-order valence-corrected chi connectivity index (χ2v) is 7.02. The van der Waals surface area contributed by atoms with Gasteiger partial charge in [0, 0.05) is 31.1 Å². The van der Waals surface area contributed by atoms with E-state index < -0.39 is 18.0 Å². The molecular formula is C19H19N5O5. The highest BCUT2D eigenvalue weighted by molar-refractivity contribution is 6.05. The van der Waals surface area contributed by atoms with E-state index in [1.165, 1.54) is 4.90 Å². The smallest absolute Gasteiger partial charge is 0.320 e. The van der Waals surface area contributed by atoms with Crippen molar-refractivity contribution < 1.29 is 23.7 Å². The van der Waals surface area contributed by atoms with Gasteiger partial charge in [-0.3, -0.25) is 25.0 Å². The first-order valence-electron chi connectivity index (χ1n) is 9.15. The third-order valence-corrected chi connectivity index (χ3v) is 4.92. The van der Waals surface area contributed by atoms with E-state index in [1.54, 1.807) is 19.1 Å². The first-order chi connectivity index (χ1) is 13.9. The molecule has 1 aromatic heterocycles. The van der Waals surface area contributed by atoms with E-state index >= 15 is 0 Å². The predicted octanol–water partition coefficient (Wildman–Crippen LogP) is 1.07. The highest BCUT2D eigenvalue weighted by atomic mass is 16.5. The number of piperidine rings is 1. The Labute approximate surface area is 165 Å². The Morgan fingerprint density at radius 3 is 2.86 bits per heavy atom. The molecule has 1 unspecified atom stereocenters. The summed E-state index contributed by atoms with van der Waals surface area (Å²) in [7, 11) is 0. The number of nitrogens with one attached hydrogen (secondary N) is 3. The molecule has 2 aromatic rings. The summed E-state index contributed by atoms with van der Waals surface area (Å²) in [6, 6.07) is 5.85. The van der Waals surface area contributed by atoms with E-state index in [4.69, 9.17) is 4.52 Å². The molecule has 4 rings (SSSR count). The van der Waals surface area contributed by atoms with Crippen molar-refractivity contribution in [2.45, 2.75) is 38.9 Å². The first-order valence-corrected chi connectivity index (χ1v) is 9.15. The van der Waals surface area contributed by atoms with Crippen LogP contribution in [0.25, 0.3) is 0 Å². The predicted molar refractivity (Wildman–Crippen MR) is 99.6 cm³/mol. The zero-order valence-electron chi connectivity index (χ0n) is 15.7. The number of carbonyl (C=O) groups excluding carboxylic acids is 4. The molecule has 3 N–H and O–H groups in total. The summed E-state index contributed by atoms with van der Waals surface area (Å²) in [5.74, 6) is -0.118. The maximum Gasteiger partial charge on any atom is 0.320 e. The van der Waals surface area contributed by atoms with Crippen LogP contribution in [0.2, 0.25) is 0 Å². The van der Waals surface area contributed by atoms with Crippen molar-refractivity contribution >= 4 is 29.6 Å². The zero-order valence-corrected chi connectivity index (χ0v) is 15.7. The molecule has 1 saturated heterocycles. The van der Waals surface area contributed by atoms with Crippen LogP contribution in [0.5, 0.6) is 0 Å². The molecule has 1 atom stereocenters. The second kappa shape index (κ2) is 7.38. The number of amides is 5. The molecule has 0 aliphatic carbocycles. The van der Waals surface area contributed by atoms with E-state index in [-0.39, 0.29) is 24.8 Å². The minimum Gasteiger partial charge on any atom is -0.360 e. The maximum absolute atomic E-state index is 12.8. The number of urea groups is 1. The van der Waals surface area contributed by atoms with Crippen molar-refractivity contribution in [1.82, 2.24) is 20.7 Å². The molecule has 1 aromatic carbocycles. The fraction of sp³-hybridized carbons (Fsp3) is 0.316. The largest absolute Gasteiger partial charge is 0.360 e. The van der Waals surface area contributed by atoms with Gasteiger partial charge in [0.1, 0.15) is 11.8 Å². The first kappa shape index (κ1) is 18.7. The molecule has 1 fully saturated rings. The van der Waals surface area contributed by atoms with Crippen LogP contribution in [0.15, 0.2) is 28.8 Å². The number of aryl methyl sites for hydroxylation is 1. The molecule has 0 radical (unpaired) electrons. The topological polar surface area (TPSA) is 134 Å². The van der Waals surface area contributed by atoms with E-state index in [1.807, 2.05) is 12.1 Å². The Morgan fingerprint density at radius 1 is 1.31 bits per heavy atom. The van der Waals surface area contributed by atoms with Crippen LogP contribution in [0.3, 0.4) is 0 Å². The van der Waals surface area contributed by atoms with Crippen molar-refractivity contribution in [3.8, 4) is 0 Å². The number of rotatable bonds is 4. The average molecular weight is 397 g/mol. The molecule has 0 spiro atoms. The van der Waals surface area contributed by atoms with E-state index in [0.717, 1.165) is 11.1 Å². The third kappa shape index (κ3) is 3.82. The van der Waals surface area contributed by atoms with Crippen LogP contribution in [-0.2, 0) is 22.7 Å². The molecule has 150 valence electrons. The summed E-state index contributed by atoms with van der Waals surface area (Å²) in [5.41, 5.74) is 2.06. The summed E-state index contributed by atoms with van der Waals surface area (Å²) in [5, 5.41) is 11.2. The molecule has 5 amide bonds. The van der Waals surface area contributed by atoms with E-state index in [9.17, 15) is 19.2 Å². The van der Waals surface area contributed by atoms with E-state index in [2.05, 4.69) is 21.1 Å². The number of hydrogen-bond acceptors (Lipinski definition) is 6. The van der Waals surface area contributed by atoms with Crippen molar-refractivity contribution in [3.63, 3.8) is 0 Å². The number of nitrogens with zero attached hydrogens (tertiary/aromatic N) is 2. The van der Waals surface area contributed by atoms with Crippen molar-refractivity contribution in [3.05, 3.63) is 46.7 Å². The Hall–Kier alpha value is -3.69. The molecule has 0 saturated carbocycles. The fourth-order valence-corrected chi connectivity index (χ4v) is 3.48. The highest BCUT2D eigenvalue weighted by Crippen LogP contribution is 2.28. The lowest BCUT2D eigenvalue weighted by Crippen LogP contribution is -2.52. The van der Waals surface area contributed by atoms with Gasteiger partial charge in [0.25, 0.3) is 5.91 Å². The lowest BCUT2D eigenvalue weighted by molar-refractivity contribution is -0.136. The van der Waals surface area contributed by atoms with Crippen molar-refractivity contribution in [1.29, 1.82) is 0 Å². The SMILES string of the molecule is Cc1cc(NC(=O)NCc2ccc3c(c2)C(=O)N(C2CCC(=O)NC2=O)C3)no1. The Balaban J connectivity index is 1.39. The number of fused-ring (bicyclic) bond motifs is 1. The van der Waals surface area contributed by atoms with Crippen molar-refractivity contribution in [2.75, 3.05) is 5.32 Å². The summed E-state index contributed by atoms with van der Waals surface area (Å²) in [6.07, 6.45) is 0.534. The Morgan fingerprint density at radius 2 is 2.14 bits per heavy atom.